The van der Waals surface area contributed by atoms with Crippen molar-refractivity contribution in [3.8, 4) is 0 Å². The summed E-state index contributed by atoms with van der Waals surface area (Å²) in [6.45, 7) is 6.61. The molecule has 0 N–H and O–H groups in total. The highest BCUT2D eigenvalue weighted by Gasteiger charge is 2.03. The smallest absolute Gasteiger partial charge is 0.0738 e. The predicted molar refractivity (Wildman–Crippen MR) is 62.4 cm³/mol. The molecule has 1 aromatic heterocycles. The quantitative estimate of drug-likeness (QED) is 0.538. The Kier molecular flexibility index (Phi) is 4.54. The number of hydrogen-bond acceptors (Lipinski definition) is 3. The van der Waals surface area contributed by atoms with E-state index in [1.54, 1.807) is 0 Å². The molecule has 0 unspecified atom stereocenters. The van der Waals surface area contributed by atoms with E-state index in [9.17, 15) is 0 Å². The molecule has 0 spiro atoms. The van der Waals surface area contributed by atoms with Gasteiger partial charge in [0.2, 0.25) is 0 Å². The summed E-state index contributed by atoms with van der Waals surface area (Å²) in [4.78, 5) is 0. The predicted octanol–water partition coefficient (Wildman–Crippen LogP) is 4.52. The maximum absolute atomic E-state index is 2.24. The molecule has 1 aromatic rings. The van der Waals surface area contributed by atoms with E-state index in [0.29, 0.717) is 0 Å². The van der Waals surface area contributed by atoms with Crippen LogP contribution in [0.15, 0.2) is 9.59 Å². The lowest BCUT2D eigenvalue weighted by atomic mass is 10.2. The SMILES string of the molecule is CCCSSc1scc(C)c1C. The van der Waals surface area contributed by atoms with Crippen LogP contribution in [-0.4, -0.2) is 5.75 Å². The zero-order chi connectivity index (χ0) is 8.97. The topological polar surface area (TPSA) is 0 Å². The van der Waals surface area contributed by atoms with Gasteiger partial charge in [-0.1, -0.05) is 17.7 Å². The maximum Gasteiger partial charge on any atom is 0.0738 e. The average molecular weight is 218 g/mol. The highest BCUT2D eigenvalue weighted by molar-refractivity contribution is 8.77. The van der Waals surface area contributed by atoms with Gasteiger partial charge in [-0.15, -0.1) is 11.3 Å². The summed E-state index contributed by atoms with van der Waals surface area (Å²) < 4.78 is 1.48. The Hall–Kier alpha value is 0.400. The Morgan fingerprint density at radius 1 is 1.42 bits per heavy atom. The van der Waals surface area contributed by atoms with Crippen LogP contribution in [0, 0.1) is 13.8 Å². The van der Waals surface area contributed by atoms with Crippen LogP contribution in [0.1, 0.15) is 24.5 Å². The third-order valence-corrected chi connectivity index (χ3v) is 6.01. The van der Waals surface area contributed by atoms with Gasteiger partial charge < -0.3 is 0 Å². The second-order valence-corrected chi connectivity index (χ2v) is 6.30. The molecule has 0 aliphatic carbocycles. The van der Waals surface area contributed by atoms with Gasteiger partial charge in [0.1, 0.15) is 0 Å². The van der Waals surface area contributed by atoms with Crippen LogP contribution < -0.4 is 0 Å². The first-order valence-electron chi connectivity index (χ1n) is 4.10. The minimum atomic E-state index is 1.25. The van der Waals surface area contributed by atoms with E-state index >= 15 is 0 Å². The molecular weight excluding hydrogens is 204 g/mol. The molecule has 3 heteroatoms. The molecular formula is C9H14S3. The van der Waals surface area contributed by atoms with E-state index in [0.717, 1.165) is 0 Å². The molecule has 1 heterocycles. The van der Waals surface area contributed by atoms with Crippen LogP contribution in [0.3, 0.4) is 0 Å². The summed E-state index contributed by atoms with van der Waals surface area (Å²) in [5.74, 6) is 1.25. The van der Waals surface area contributed by atoms with Crippen molar-refractivity contribution in [3.63, 3.8) is 0 Å². The molecule has 0 aromatic carbocycles. The van der Waals surface area contributed by atoms with Crippen molar-refractivity contribution >= 4 is 32.9 Å². The van der Waals surface area contributed by atoms with E-state index in [-0.39, 0.29) is 0 Å². The molecule has 68 valence electrons. The van der Waals surface area contributed by atoms with E-state index in [4.69, 9.17) is 0 Å². The largest absolute Gasteiger partial charge is 0.136 e. The number of aryl methyl sites for hydroxylation is 1. The Bertz CT molecular complexity index is 240. The molecule has 0 saturated carbocycles. The summed E-state index contributed by atoms with van der Waals surface area (Å²) >= 11 is 1.87. The fraction of sp³-hybridized carbons (Fsp3) is 0.556. The summed E-state index contributed by atoms with van der Waals surface area (Å²) in [6.07, 6.45) is 1.26. The molecule has 0 atom stereocenters. The molecule has 0 amide bonds. The van der Waals surface area contributed by atoms with Gasteiger partial charge in [-0.2, -0.15) is 0 Å². The Balaban J connectivity index is 2.46. The lowest BCUT2D eigenvalue weighted by molar-refractivity contribution is 1.11. The van der Waals surface area contributed by atoms with E-state index in [1.165, 1.54) is 27.5 Å². The summed E-state index contributed by atoms with van der Waals surface area (Å²) in [5.41, 5.74) is 2.90. The van der Waals surface area contributed by atoms with E-state index < -0.39 is 0 Å². The van der Waals surface area contributed by atoms with Gasteiger partial charge in [-0.05, 0) is 47.6 Å². The van der Waals surface area contributed by atoms with Crippen molar-refractivity contribution in [2.24, 2.45) is 0 Å². The lowest BCUT2D eigenvalue weighted by Gasteiger charge is -1.97. The molecule has 0 aliphatic rings. The van der Waals surface area contributed by atoms with Gasteiger partial charge in [-0.25, -0.2) is 0 Å². The van der Waals surface area contributed by atoms with Crippen LogP contribution >= 0.6 is 32.9 Å². The second-order valence-electron chi connectivity index (χ2n) is 2.74. The maximum atomic E-state index is 2.24. The number of rotatable bonds is 4. The van der Waals surface area contributed by atoms with Gasteiger partial charge in [0.25, 0.3) is 0 Å². The zero-order valence-electron chi connectivity index (χ0n) is 7.72. The van der Waals surface area contributed by atoms with Crippen molar-refractivity contribution in [2.45, 2.75) is 31.4 Å². The molecule has 0 aliphatic heterocycles. The van der Waals surface area contributed by atoms with E-state index in [1.807, 2.05) is 32.9 Å². The standard InChI is InChI=1S/C9H14S3/c1-4-5-11-12-9-8(3)7(2)6-10-9/h6H,4-5H2,1-3H3. The summed E-state index contributed by atoms with van der Waals surface area (Å²) in [7, 11) is 3.89. The van der Waals surface area contributed by atoms with Gasteiger partial charge in [-0.3, -0.25) is 0 Å². The van der Waals surface area contributed by atoms with Crippen LogP contribution in [0.4, 0.5) is 0 Å². The molecule has 0 radical (unpaired) electrons. The monoisotopic (exact) mass is 218 g/mol. The molecule has 1 rings (SSSR count). The fourth-order valence-electron chi connectivity index (χ4n) is 0.740. The molecule has 0 bridgehead atoms. The Morgan fingerprint density at radius 3 is 2.67 bits per heavy atom. The Morgan fingerprint density at radius 2 is 2.17 bits per heavy atom. The van der Waals surface area contributed by atoms with Gasteiger partial charge >= 0.3 is 0 Å². The third-order valence-electron chi connectivity index (χ3n) is 1.66. The van der Waals surface area contributed by atoms with Gasteiger partial charge in [0.15, 0.2) is 0 Å². The van der Waals surface area contributed by atoms with Gasteiger partial charge in [0, 0.05) is 5.75 Å². The highest BCUT2D eigenvalue weighted by Crippen LogP contribution is 2.38. The number of hydrogen-bond donors (Lipinski definition) is 0. The van der Waals surface area contributed by atoms with Crippen LogP contribution in [-0.2, 0) is 0 Å². The van der Waals surface area contributed by atoms with Crippen LogP contribution in [0.5, 0.6) is 0 Å². The first kappa shape index (κ1) is 10.5. The van der Waals surface area contributed by atoms with Crippen LogP contribution in [0.25, 0.3) is 0 Å². The first-order valence-corrected chi connectivity index (χ1v) is 7.29. The minimum absolute atomic E-state index is 1.25. The third kappa shape index (κ3) is 2.71. The fourth-order valence-corrected chi connectivity index (χ4v) is 4.72. The average Bonchev–Trinajstić information content (AvgIpc) is 2.36. The molecule has 0 fully saturated rings. The molecule has 0 saturated heterocycles. The van der Waals surface area contributed by atoms with Crippen LogP contribution in [0.2, 0.25) is 0 Å². The minimum Gasteiger partial charge on any atom is -0.136 e. The molecule has 0 nitrogen and oxygen atoms in total. The molecule has 12 heavy (non-hydrogen) atoms. The second kappa shape index (κ2) is 5.20. The summed E-state index contributed by atoms with van der Waals surface area (Å²) in [6, 6.07) is 0. The van der Waals surface area contributed by atoms with Gasteiger partial charge in [0.05, 0.1) is 4.21 Å². The first-order chi connectivity index (χ1) is 5.75. The zero-order valence-corrected chi connectivity index (χ0v) is 10.2. The lowest BCUT2D eigenvalue weighted by Crippen LogP contribution is -1.72. The van der Waals surface area contributed by atoms with Crippen molar-refractivity contribution in [2.75, 3.05) is 5.75 Å². The highest BCUT2D eigenvalue weighted by atomic mass is 33.1. The normalized spacial score (nSPS) is 10.6. The van der Waals surface area contributed by atoms with Crippen molar-refractivity contribution in [3.05, 3.63) is 16.5 Å². The Labute approximate surface area is 86.5 Å². The van der Waals surface area contributed by atoms with E-state index in [2.05, 4.69) is 26.2 Å². The van der Waals surface area contributed by atoms with Crippen molar-refractivity contribution in [1.82, 2.24) is 0 Å². The van der Waals surface area contributed by atoms with Crippen molar-refractivity contribution in [1.29, 1.82) is 0 Å². The van der Waals surface area contributed by atoms with Crippen molar-refractivity contribution < 1.29 is 0 Å². The summed E-state index contributed by atoms with van der Waals surface area (Å²) in [5, 5.41) is 2.24. The number of thiophene rings is 1.